The molecule has 1 rings (SSSR count). The van der Waals surface area contributed by atoms with E-state index in [4.69, 9.17) is 10.8 Å². The number of hydrogen-bond donors (Lipinski definition) is 4. The second-order valence-electron chi connectivity index (χ2n) is 5.49. The van der Waals surface area contributed by atoms with E-state index >= 15 is 0 Å². The minimum absolute atomic E-state index is 0.166. The average Bonchev–Trinajstić information content (AvgIpc) is 2.43. The van der Waals surface area contributed by atoms with Crippen LogP contribution in [-0.2, 0) is 9.36 Å². The zero-order valence-corrected chi connectivity index (χ0v) is 13.2. The van der Waals surface area contributed by atoms with Crippen molar-refractivity contribution in [2.45, 2.75) is 32.1 Å². The standard InChI is InChI=1S/C14H23N2O4P/c1-10(2)8-12(14(17)18)16-9-21(19,20)13(15)11-6-4-3-5-7-11/h3-7,10,12-13,16H,8-9,15H2,1-2H3,(H,17,18)(H,19,20)/t12-,13?/m0/s1. The first-order chi connectivity index (χ1) is 9.74. The highest BCUT2D eigenvalue weighted by Crippen LogP contribution is 2.51. The smallest absolute Gasteiger partial charge is 0.320 e. The summed E-state index contributed by atoms with van der Waals surface area (Å²) in [6.45, 7) is 3.79. The first-order valence-corrected chi connectivity index (χ1v) is 8.73. The van der Waals surface area contributed by atoms with E-state index in [1.54, 1.807) is 30.3 Å². The van der Waals surface area contributed by atoms with Crippen LogP contribution in [0.5, 0.6) is 0 Å². The van der Waals surface area contributed by atoms with Crippen molar-refractivity contribution >= 4 is 13.3 Å². The van der Waals surface area contributed by atoms with Gasteiger partial charge in [0.2, 0.25) is 7.37 Å². The molecule has 21 heavy (non-hydrogen) atoms. The molecule has 0 spiro atoms. The second kappa shape index (κ2) is 7.71. The van der Waals surface area contributed by atoms with Crippen LogP contribution in [-0.4, -0.2) is 28.3 Å². The van der Waals surface area contributed by atoms with Crippen LogP contribution >= 0.6 is 7.37 Å². The molecule has 0 saturated carbocycles. The lowest BCUT2D eigenvalue weighted by atomic mass is 10.0. The molecule has 0 aliphatic rings. The summed E-state index contributed by atoms with van der Waals surface area (Å²) >= 11 is 0. The maximum atomic E-state index is 12.3. The van der Waals surface area contributed by atoms with Gasteiger partial charge in [-0.25, -0.2) is 0 Å². The number of carboxylic acids is 1. The topological polar surface area (TPSA) is 113 Å². The number of hydrogen-bond acceptors (Lipinski definition) is 4. The molecular formula is C14H23N2O4P. The monoisotopic (exact) mass is 314 g/mol. The Labute approximate surface area is 124 Å². The summed E-state index contributed by atoms with van der Waals surface area (Å²) in [6.07, 6.45) is 0.0582. The number of nitrogens with two attached hydrogens (primary N) is 1. The molecule has 0 aliphatic carbocycles. The fourth-order valence-corrected chi connectivity index (χ4v) is 3.28. The molecule has 3 atom stereocenters. The summed E-state index contributed by atoms with van der Waals surface area (Å²) in [4.78, 5) is 21.2. The molecule has 0 radical (unpaired) electrons. The van der Waals surface area contributed by atoms with Crippen LogP contribution in [0.3, 0.4) is 0 Å². The number of rotatable bonds is 8. The van der Waals surface area contributed by atoms with Gasteiger partial charge >= 0.3 is 5.97 Å². The third kappa shape index (κ3) is 5.59. The van der Waals surface area contributed by atoms with Gasteiger partial charge in [0.25, 0.3) is 0 Å². The molecule has 6 nitrogen and oxygen atoms in total. The molecule has 0 bridgehead atoms. The Kier molecular flexibility index (Phi) is 6.55. The van der Waals surface area contributed by atoms with Crippen LogP contribution in [0.4, 0.5) is 0 Å². The van der Waals surface area contributed by atoms with Crippen LogP contribution in [0, 0.1) is 5.92 Å². The number of benzene rings is 1. The van der Waals surface area contributed by atoms with Crippen LogP contribution in [0.25, 0.3) is 0 Å². The van der Waals surface area contributed by atoms with Gasteiger partial charge < -0.3 is 15.7 Å². The van der Waals surface area contributed by atoms with Crippen molar-refractivity contribution in [3.63, 3.8) is 0 Å². The lowest BCUT2D eigenvalue weighted by Gasteiger charge is -2.23. The molecule has 0 fully saturated rings. The largest absolute Gasteiger partial charge is 0.480 e. The highest BCUT2D eigenvalue weighted by Gasteiger charge is 2.31. The van der Waals surface area contributed by atoms with Gasteiger partial charge in [-0.1, -0.05) is 44.2 Å². The Morgan fingerprint density at radius 2 is 1.90 bits per heavy atom. The Bertz CT molecular complexity index is 507. The van der Waals surface area contributed by atoms with Gasteiger partial charge in [0, 0.05) is 0 Å². The molecule has 7 heteroatoms. The van der Waals surface area contributed by atoms with E-state index in [0.717, 1.165) is 0 Å². The van der Waals surface area contributed by atoms with Gasteiger partial charge in [0.1, 0.15) is 11.8 Å². The van der Waals surface area contributed by atoms with Crippen molar-refractivity contribution < 1.29 is 19.4 Å². The van der Waals surface area contributed by atoms with E-state index in [1.807, 2.05) is 13.8 Å². The summed E-state index contributed by atoms with van der Waals surface area (Å²) in [7, 11) is -3.74. The van der Waals surface area contributed by atoms with Crippen molar-refractivity contribution in [3.8, 4) is 0 Å². The van der Waals surface area contributed by atoms with Gasteiger partial charge in [-0.2, -0.15) is 0 Å². The third-order valence-corrected chi connectivity index (χ3v) is 4.95. The van der Waals surface area contributed by atoms with Crippen molar-refractivity contribution in [2.75, 3.05) is 6.29 Å². The Balaban J connectivity index is 2.71. The normalized spacial score (nSPS) is 17.2. The first-order valence-electron chi connectivity index (χ1n) is 6.82. The Hall–Kier alpha value is -1.20. The second-order valence-corrected chi connectivity index (χ2v) is 7.88. The van der Waals surface area contributed by atoms with E-state index in [0.29, 0.717) is 12.0 Å². The average molecular weight is 314 g/mol. The molecule has 118 valence electrons. The predicted octanol–water partition coefficient (Wildman–Crippen LogP) is 1.96. The van der Waals surface area contributed by atoms with E-state index in [1.165, 1.54) is 0 Å². The molecule has 5 N–H and O–H groups in total. The minimum Gasteiger partial charge on any atom is -0.480 e. The Morgan fingerprint density at radius 3 is 2.38 bits per heavy atom. The molecule has 0 aromatic heterocycles. The molecule has 2 unspecified atom stereocenters. The molecule has 0 aliphatic heterocycles. The quantitative estimate of drug-likeness (QED) is 0.546. The number of carbonyl (C=O) groups is 1. The van der Waals surface area contributed by atoms with Crippen molar-refractivity contribution in [3.05, 3.63) is 35.9 Å². The summed E-state index contributed by atoms with van der Waals surface area (Å²) in [5.74, 6) is -1.89. The van der Waals surface area contributed by atoms with Crippen molar-refractivity contribution in [1.82, 2.24) is 5.32 Å². The first kappa shape index (κ1) is 17.9. The highest BCUT2D eigenvalue weighted by molar-refractivity contribution is 7.58. The maximum Gasteiger partial charge on any atom is 0.320 e. The van der Waals surface area contributed by atoms with Crippen LogP contribution in [0.15, 0.2) is 30.3 Å². The van der Waals surface area contributed by atoms with Gasteiger partial charge in [-0.3, -0.25) is 14.7 Å². The third-order valence-electron chi connectivity index (χ3n) is 3.15. The molecule has 1 aromatic rings. The zero-order chi connectivity index (χ0) is 16.0. The van der Waals surface area contributed by atoms with Gasteiger partial charge in [-0.05, 0) is 17.9 Å². The summed E-state index contributed by atoms with van der Waals surface area (Å²) in [5, 5.41) is 11.8. The van der Waals surface area contributed by atoms with E-state index in [2.05, 4.69) is 5.32 Å². The van der Waals surface area contributed by atoms with E-state index < -0.39 is 25.2 Å². The summed E-state index contributed by atoms with van der Waals surface area (Å²) in [5.41, 5.74) is 6.39. The molecule has 0 amide bonds. The van der Waals surface area contributed by atoms with Crippen LogP contribution in [0.2, 0.25) is 0 Å². The van der Waals surface area contributed by atoms with Crippen LogP contribution in [0.1, 0.15) is 31.6 Å². The fraction of sp³-hybridized carbons (Fsp3) is 0.500. The van der Waals surface area contributed by atoms with Crippen molar-refractivity contribution in [2.24, 2.45) is 11.7 Å². The van der Waals surface area contributed by atoms with E-state index in [-0.39, 0.29) is 12.2 Å². The molecule has 0 saturated heterocycles. The fourth-order valence-electron chi connectivity index (χ4n) is 1.97. The summed E-state index contributed by atoms with van der Waals surface area (Å²) < 4.78 is 12.3. The summed E-state index contributed by atoms with van der Waals surface area (Å²) in [6, 6.07) is 7.77. The SMILES string of the molecule is CC(C)C[C@H](NCP(=O)(O)C(N)c1ccccc1)C(=O)O. The van der Waals surface area contributed by atoms with Gasteiger partial charge in [-0.15, -0.1) is 0 Å². The Morgan fingerprint density at radius 1 is 1.33 bits per heavy atom. The number of nitrogens with one attached hydrogen (secondary N) is 1. The lowest BCUT2D eigenvalue weighted by molar-refractivity contribution is -0.139. The zero-order valence-electron chi connectivity index (χ0n) is 12.3. The highest BCUT2D eigenvalue weighted by atomic mass is 31.2. The molecule has 1 aromatic carbocycles. The predicted molar refractivity (Wildman–Crippen MR) is 82.1 cm³/mol. The van der Waals surface area contributed by atoms with Crippen molar-refractivity contribution in [1.29, 1.82) is 0 Å². The van der Waals surface area contributed by atoms with Crippen LogP contribution < -0.4 is 11.1 Å². The van der Waals surface area contributed by atoms with Gasteiger partial charge in [0.15, 0.2) is 0 Å². The molecule has 0 heterocycles. The number of aliphatic carboxylic acids is 1. The van der Waals surface area contributed by atoms with Gasteiger partial charge in [0.05, 0.1) is 6.29 Å². The van der Waals surface area contributed by atoms with E-state index in [9.17, 15) is 14.3 Å². The lowest BCUT2D eigenvalue weighted by Crippen LogP contribution is -2.39. The number of carboxylic acid groups (broad SMARTS) is 1. The molecular weight excluding hydrogens is 291 g/mol. The minimum atomic E-state index is -3.74. The maximum absolute atomic E-state index is 12.3.